The van der Waals surface area contributed by atoms with Gasteiger partial charge in [0.25, 0.3) is 0 Å². The Kier molecular flexibility index (Phi) is 1.69. The van der Waals surface area contributed by atoms with Gasteiger partial charge < -0.3 is 5.11 Å². The number of thiazole rings is 1. The molecule has 11 heavy (non-hydrogen) atoms. The van der Waals surface area contributed by atoms with Crippen LogP contribution < -0.4 is 0 Å². The molecule has 0 aromatic carbocycles. The minimum atomic E-state index is -0.0655. The van der Waals surface area contributed by atoms with Gasteiger partial charge in [-0.2, -0.15) is 0 Å². The molecule has 0 spiro atoms. The zero-order valence-electron chi connectivity index (χ0n) is 6.45. The Morgan fingerprint density at radius 2 is 2.36 bits per heavy atom. The van der Waals surface area contributed by atoms with Crippen molar-refractivity contribution in [2.45, 2.75) is 31.8 Å². The lowest BCUT2D eigenvalue weighted by molar-refractivity contribution is 0.0745. The van der Waals surface area contributed by atoms with Gasteiger partial charge in [0.2, 0.25) is 0 Å². The second-order valence-electron chi connectivity index (χ2n) is 3.15. The van der Waals surface area contributed by atoms with Gasteiger partial charge in [-0.1, -0.05) is 0 Å². The molecule has 1 N–H and O–H groups in total. The van der Waals surface area contributed by atoms with E-state index >= 15 is 0 Å². The monoisotopic (exact) mass is 169 g/mol. The third kappa shape index (κ3) is 1.30. The van der Waals surface area contributed by atoms with Crippen molar-refractivity contribution >= 4 is 11.3 Å². The van der Waals surface area contributed by atoms with Gasteiger partial charge in [-0.3, -0.25) is 0 Å². The van der Waals surface area contributed by atoms with Crippen LogP contribution in [0.4, 0.5) is 0 Å². The van der Waals surface area contributed by atoms with E-state index in [1.165, 1.54) is 5.01 Å². The first kappa shape index (κ1) is 7.25. The predicted molar refractivity (Wildman–Crippen MR) is 44.8 cm³/mol. The predicted octanol–water partition coefficient (Wildman–Crippen LogP) is 1.69. The van der Waals surface area contributed by atoms with Crippen molar-refractivity contribution in [1.29, 1.82) is 0 Å². The van der Waals surface area contributed by atoms with Crippen LogP contribution >= 0.6 is 11.3 Å². The van der Waals surface area contributed by atoms with Crippen molar-refractivity contribution in [3.05, 3.63) is 16.1 Å². The van der Waals surface area contributed by atoms with E-state index in [-0.39, 0.29) is 6.10 Å². The SMILES string of the molecule is Cc1csc(C2CC(O)C2)n1. The Balaban J connectivity index is 2.07. The Bertz CT molecular complexity index is 252. The van der Waals surface area contributed by atoms with E-state index in [0.717, 1.165) is 18.5 Å². The summed E-state index contributed by atoms with van der Waals surface area (Å²) in [5.41, 5.74) is 1.10. The first-order valence-corrected chi connectivity index (χ1v) is 4.74. The summed E-state index contributed by atoms with van der Waals surface area (Å²) in [4.78, 5) is 4.37. The van der Waals surface area contributed by atoms with Crippen molar-refractivity contribution in [2.24, 2.45) is 0 Å². The molecule has 2 nitrogen and oxygen atoms in total. The Morgan fingerprint density at radius 3 is 2.82 bits per heavy atom. The molecule has 1 aliphatic carbocycles. The molecule has 0 radical (unpaired) electrons. The lowest BCUT2D eigenvalue weighted by Gasteiger charge is -2.29. The number of aliphatic hydroxyl groups is 1. The third-order valence-electron chi connectivity index (χ3n) is 2.10. The van der Waals surface area contributed by atoms with Crippen molar-refractivity contribution in [3.8, 4) is 0 Å². The Hall–Kier alpha value is -0.410. The number of aliphatic hydroxyl groups excluding tert-OH is 1. The summed E-state index contributed by atoms with van der Waals surface area (Å²) in [6, 6.07) is 0. The first-order valence-electron chi connectivity index (χ1n) is 3.86. The van der Waals surface area contributed by atoms with Gasteiger partial charge in [0, 0.05) is 17.0 Å². The zero-order valence-corrected chi connectivity index (χ0v) is 7.27. The minimum absolute atomic E-state index is 0.0655. The van der Waals surface area contributed by atoms with E-state index in [1.807, 2.05) is 6.92 Å². The van der Waals surface area contributed by atoms with Crippen LogP contribution in [-0.4, -0.2) is 16.2 Å². The molecule has 1 aliphatic rings. The molecule has 0 aliphatic heterocycles. The maximum atomic E-state index is 9.06. The Morgan fingerprint density at radius 1 is 1.64 bits per heavy atom. The second kappa shape index (κ2) is 2.57. The van der Waals surface area contributed by atoms with Gasteiger partial charge in [-0.05, 0) is 19.8 Å². The van der Waals surface area contributed by atoms with Crippen molar-refractivity contribution in [1.82, 2.24) is 4.98 Å². The fourth-order valence-corrected chi connectivity index (χ4v) is 2.27. The normalized spacial score (nSPS) is 30.0. The fourth-order valence-electron chi connectivity index (χ4n) is 1.35. The summed E-state index contributed by atoms with van der Waals surface area (Å²) in [6.07, 6.45) is 1.75. The number of aryl methyl sites for hydroxylation is 1. The summed E-state index contributed by atoms with van der Waals surface area (Å²) in [5, 5.41) is 12.3. The van der Waals surface area contributed by atoms with E-state index in [0.29, 0.717) is 5.92 Å². The third-order valence-corrected chi connectivity index (χ3v) is 3.22. The summed E-state index contributed by atoms with van der Waals surface area (Å²) in [7, 11) is 0. The highest BCUT2D eigenvalue weighted by Gasteiger charge is 2.30. The maximum Gasteiger partial charge on any atom is 0.0961 e. The molecule has 1 aromatic rings. The van der Waals surface area contributed by atoms with Gasteiger partial charge in [0.1, 0.15) is 0 Å². The van der Waals surface area contributed by atoms with Crippen molar-refractivity contribution < 1.29 is 5.11 Å². The Labute approximate surface area is 69.9 Å². The highest BCUT2D eigenvalue weighted by atomic mass is 32.1. The molecule has 3 heteroatoms. The van der Waals surface area contributed by atoms with E-state index in [9.17, 15) is 0 Å². The molecule has 2 rings (SSSR count). The molecular weight excluding hydrogens is 158 g/mol. The summed E-state index contributed by atoms with van der Waals surface area (Å²) in [6.45, 7) is 2.01. The number of rotatable bonds is 1. The quantitative estimate of drug-likeness (QED) is 0.694. The van der Waals surface area contributed by atoms with Gasteiger partial charge in [-0.15, -0.1) is 11.3 Å². The summed E-state index contributed by atoms with van der Waals surface area (Å²) in [5.74, 6) is 0.545. The topological polar surface area (TPSA) is 33.1 Å². The molecule has 1 saturated carbocycles. The zero-order chi connectivity index (χ0) is 7.84. The van der Waals surface area contributed by atoms with Crippen LogP contribution in [0.5, 0.6) is 0 Å². The highest BCUT2D eigenvalue weighted by Crippen LogP contribution is 2.37. The van der Waals surface area contributed by atoms with Crippen LogP contribution in [0, 0.1) is 6.92 Å². The lowest BCUT2D eigenvalue weighted by Crippen LogP contribution is -2.26. The van der Waals surface area contributed by atoms with Crippen LogP contribution in [0.15, 0.2) is 5.38 Å². The van der Waals surface area contributed by atoms with Gasteiger partial charge in [-0.25, -0.2) is 4.98 Å². The molecule has 1 heterocycles. The highest BCUT2D eigenvalue weighted by molar-refractivity contribution is 7.09. The molecule has 0 unspecified atom stereocenters. The molecule has 60 valence electrons. The summed E-state index contributed by atoms with van der Waals surface area (Å²) < 4.78 is 0. The molecule has 0 amide bonds. The molecule has 1 aromatic heterocycles. The second-order valence-corrected chi connectivity index (χ2v) is 4.04. The van der Waals surface area contributed by atoms with E-state index in [2.05, 4.69) is 10.4 Å². The van der Waals surface area contributed by atoms with Crippen LogP contribution in [0.3, 0.4) is 0 Å². The number of hydrogen-bond acceptors (Lipinski definition) is 3. The average Bonchev–Trinajstić information content (AvgIpc) is 2.29. The fraction of sp³-hybridized carbons (Fsp3) is 0.625. The molecule has 0 bridgehead atoms. The van der Waals surface area contributed by atoms with Gasteiger partial charge in [0.05, 0.1) is 11.1 Å². The van der Waals surface area contributed by atoms with Crippen molar-refractivity contribution in [2.75, 3.05) is 0 Å². The minimum Gasteiger partial charge on any atom is -0.393 e. The van der Waals surface area contributed by atoms with Crippen LogP contribution in [-0.2, 0) is 0 Å². The molecule has 0 saturated heterocycles. The molecule has 0 atom stereocenters. The summed E-state index contributed by atoms with van der Waals surface area (Å²) >= 11 is 1.71. The first-order chi connectivity index (χ1) is 5.25. The maximum absolute atomic E-state index is 9.06. The standard InChI is InChI=1S/C8H11NOS/c1-5-4-11-8(9-5)6-2-7(10)3-6/h4,6-7,10H,2-3H2,1H3. The smallest absolute Gasteiger partial charge is 0.0961 e. The van der Waals surface area contributed by atoms with Crippen LogP contribution in [0.25, 0.3) is 0 Å². The van der Waals surface area contributed by atoms with Gasteiger partial charge >= 0.3 is 0 Å². The van der Waals surface area contributed by atoms with Crippen molar-refractivity contribution in [3.63, 3.8) is 0 Å². The van der Waals surface area contributed by atoms with E-state index in [1.54, 1.807) is 11.3 Å². The molecular formula is C8H11NOS. The molecule has 1 fully saturated rings. The van der Waals surface area contributed by atoms with E-state index in [4.69, 9.17) is 5.11 Å². The van der Waals surface area contributed by atoms with Crippen LogP contribution in [0.1, 0.15) is 29.5 Å². The number of aromatic nitrogens is 1. The largest absolute Gasteiger partial charge is 0.393 e. The lowest BCUT2D eigenvalue weighted by atomic mass is 9.83. The number of nitrogens with zero attached hydrogens (tertiary/aromatic N) is 1. The van der Waals surface area contributed by atoms with E-state index < -0.39 is 0 Å². The van der Waals surface area contributed by atoms with Crippen LogP contribution in [0.2, 0.25) is 0 Å². The number of hydrogen-bond donors (Lipinski definition) is 1. The average molecular weight is 169 g/mol. The van der Waals surface area contributed by atoms with Gasteiger partial charge in [0.15, 0.2) is 0 Å².